The van der Waals surface area contributed by atoms with Crippen molar-refractivity contribution in [2.75, 3.05) is 5.32 Å². The van der Waals surface area contributed by atoms with Crippen molar-refractivity contribution in [3.8, 4) is 0 Å². The van der Waals surface area contributed by atoms with E-state index >= 15 is 0 Å². The molecule has 1 aromatic carbocycles. The quantitative estimate of drug-likeness (QED) is 0.850. The maximum absolute atomic E-state index is 11.8. The Hall–Kier alpha value is -1.84. The Labute approximate surface area is 100 Å². The van der Waals surface area contributed by atoms with Crippen LogP contribution in [-0.4, -0.2) is 16.0 Å². The monoisotopic (exact) mass is 231 g/mol. The van der Waals surface area contributed by atoms with Crippen molar-refractivity contribution in [1.29, 1.82) is 0 Å². The lowest BCUT2D eigenvalue weighted by Gasteiger charge is -2.14. The fourth-order valence-electron chi connectivity index (χ4n) is 1.84. The van der Waals surface area contributed by atoms with Crippen molar-refractivity contribution in [3.63, 3.8) is 0 Å². The lowest BCUT2D eigenvalue weighted by molar-refractivity contribution is 0.665. The Morgan fingerprint density at radius 1 is 1.29 bits per heavy atom. The normalized spacial score (nSPS) is 11.0. The minimum absolute atomic E-state index is 0.0935. The number of nitrogens with one attached hydrogen (secondary N) is 2. The molecule has 4 nitrogen and oxygen atoms in total. The molecule has 0 unspecified atom stereocenters. The van der Waals surface area contributed by atoms with Crippen molar-refractivity contribution >= 4 is 16.9 Å². The van der Waals surface area contributed by atoms with Crippen LogP contribution >= 0.6 is 0 Å². The van der Waals surface area contributed by atoms with Crippen LogP contribution in [0.15, 0.2) is 29.1 Å². The van der Waals surface area contributed by atoms with E-state index in [1.54, 1.807) is 6.07 Å². The number of rotatable bonds is 4. The largest absolute Gasteiger partial charge is 0.353 e. The van der Waals surface area contributed by atoms with E-state index < -0.39 is 0 Å². The number of aromatic nitrogens is 2. The Balaban J connectivity index is 2.40. The summed E-state index contributed by atoms with van der Waals surface area (Å²) in [6.07, 6.45) is 2.01. The second-order valence-electron chi connectivity index (χ2n) is 4.09. The van der Waals surface area contributed by atoms with E-state index in [-0.39, 0.29) is 5.56 Å². The number of aromatic amines is 1. The second-order valence-corrected chi connectivity index (χ2v) is 4.09. The van der Waals surface area contributed by atoms with E-state index in [0.29, 0.717) is 17.4 Å². The lowest BCUT2D eigenvalue weighted by Crippen LogP contribution is -2.21. The average molecular weight is 231 g/mol. The van der Waals surface area contributed by atoms with Gasteiger partial charge in [0.15, 0.2) is 0 Å². The summed E-state index contributed by atoms with van der Waals surface area (Å²) in [5, 5.41) is 3.87. The zero-order valence-electron chi connectivity index (χ0n) is 10.2. The summed E-state index contributed by atoms with van der Waals surface area (Å²) in [6.45, 7) is 4.22. The summed E-state index contributed by atoms with van der Waals surface area (Å²) in [6, 6.07) is 7.70. The Morgan fingerprint density at radius 3 is 2.71 bits per heavy atom. The summed E-state index contributed by atoms with van der Waals surface area (Å²) in [4.78, 5) is 19.0. The molecule has 0 amide bonds. The Kier molecular flexibility index (Phi) is 3.42. The molecule has 0 radical (unpaired) electrons. The fourth-order valence-corrected chi connectivity index (χ4v) is 1.84. The average Bonchev–Trinajstić information content (AvgIpc) is 2.36. The Morgan fingerprint density at radius 2 is 2.00 bits per heavy atom. The smallest absolute Gasteiger partial charge is 0.260 e. The molecule has 0 aliphatic heterocycles. The van der Waals surface area contributed by atoms with Gasteiger partial charge in [-0.05, 0) is 25.0 Å². The highest BCUT2D eigenvalue weighted by molar-refractivity contribution is 5.78. The molecular formula is C13H17N3O. The molecule has 0 bridgehead atoms. The molecule has 0 aliphatic rings. The first-order chi connectivity index (χ1) is 8.24. The standard InChI is InChI=1S/C13H17N3O/c1-3-9(4-2)14-13-15-11-8-6-5-7-10(11)12(17)16-13/h5-9H,3-4H2,1-2H3,(H2,14,15,16,17). The van der Waals surface area contributed by atoms with Crippen molar-refractivity contribution in [2.24, 2.45) is 0 Å². The number of hydrogen-bond acceptors (Lipinski definition) is 3. The molecule has 0 atom stereocenters. The summed E-state index contributed by atoms with van der Waals surface area (Å²) < 4.78 is 0. The van der Waals surface area contributed by atoms with Crippen LogP contribution in [0.2, 0.25) is 0 Å². The molecule has 1 aromatic heterocycles. The zero-order valence-corrected chi connectivity index (χ0v) is 10.2. The van der Waals surface area contributed by atoms with E-state index in [1.807, 2.05) is 18.2 Å². The van der Waals surface area contributed by atoms with Gasteiger partial charge in [-0.1, -0.05) is 26.0 Å². The van der Waals surface area contributed by atoms with Gasteiger partial charge in [0.1, 0.15) is 0 Å². The molecule has 0 saturated heterocycles. The Bertz CT molecular complexity index is 558. The van der Waals surface area contributed by atoms with Gasteiger partial charge in [-0.2, -0.15) is 0 Å². The molecule has 2 aromatic rings. The number of fused-ring (bicyclic) bond motifs is 1. The van der Waals surface area contributed by atoms with E-state index in [2.05, 4.69) is 29.1 Å². The maximum Gasteiger partial charge on any atom is 0.260 e. The first-order valence-corrected chi connectivity index (χ1v) is 6.00. The molecule has 1 heterocycles. The van der Waals surface area contributed by atoms with Gasteiger partial charge in [-0.25, -0.2) is 4.98 Å². The molecule has 2 rings (SSSR count). The first-order valence-electron chi connectivity index (χ1n) is 6.00. The molecule has 2 N–H and O–H groups in total. The summed E-state index contributed by atoms with van der Waals surface area (Å²) in [5.74, 6) is 0.558. The van der Waals surface area contributed by atoms with Crippen LogP contribution in [-0.2, 0) is 0 Å². The zero-order chi connectivity index (χ0) is 12.3. The minimum Gasteiger partial charge on any atom is -0.353 e. The molecule has 0 saturated carbocycles. The van der Waals surface area contributed by atoms with E-state index in [0.717, 1.165) is 18.4 Å². The molecule has 17 heavy (non-hydrogen) atoms. The first kappa shape index (κ1) is 11.6. The van der Waals surface area contributed by atoms with Crippen LogP contribution in [0.5, 0.6) is 0 Å². The van der Waals surface area contributed by atoms with Gasteiger partial charge < -0.3 is 5.32 Å². The predicted octanol–water partition coefficient (Wildman–Crippen LogP) is 2.52. The molecule has 90 valence electrons. The number of hydrogen-bond donors (Lipinski definition) is 2. The maximum atomic E-state index is 11.8. The molecule has 0 fully saturated rings. The third kappa shape index (κ3) is 2.46. The van der Waals surface area contributed by atoms with Gasteiger partial charge >= 0.3 is 0 Å². The highest BCUT2D eigenvalue weighted by Gasteiger charge is 2.06. The van der Waals surface area contributed by atoms with Crippen molar-refractivity contribution in [3.05, 3.63) is 34.6 Å². The number of anilines is 1. The molecular weight excluding hydrogens is 214 g/mol. The second kappa shape index (κ2) is 4.99. The van der Waals surface area contributed by atoms with Gasteiger partial charge in [0, 0.05) is 6.04 Å². The van der Waals surface area contributed by atoms with E-state index in [9.17, 15) is 4.79 Å². The highest BCUT2D eigenvalue weighted by atomic mass is 16.1. The number of para-hydroxylation sites is 1. The van der Waals surface area contributed by atoms with Crippen LogP contribution in [0, 0.1) is 0 Å². The molecule has 0 aliphatic carbocycles. The third-order valence-electron chi connectivity index (χ3n) is 2.94. The minimum atomic E-state index is -0.0935. The van der Waals surface area contributed by atoms with Crippen molar-refractivity contribution in [2.45, 2.75) is 32.7 Å². The van der Waals surface area contributed by atoms with E-state index in [4.69, 9.17) is 0 Å². The van der Waals surface area contributed by atoms with Crippen LogP contribution in [0.4, 0.5) is 5.95 Å². The SMILES string of the molecule is CCC(CC)Nc1nc2ccccc2c(=O)[nH]1. The van der Waals surface area contributed by atoms with Crippen LogP contribution in [0.25, 0.3) is 10.9 Å². The van der Waals surface area contributed by atoms with Gasteiger partial charge in [-0.15, -0.1) is 0 Å². The van der Waals surface area contributed by atoms with Gasteiger partial charge in [-0.3, -0.25) is 9.78 Å². The number of benzene rings is 1. The van der Waals surface area contributed by atoms with Gasteiger partial charge in [0.25, 0.3) is 5.56 Å². The van der Waals surface area contributed by atoms with E-state index in [1.165, 1.54) is 0 Å². The van der Waals surface area contributed by atoms with Gasteiger partial charge in [0.2, 0.25) is 5.95 Å². The summed E-state index contributed by atoms with van der Waals surface area (Å²) >= 11 is 0. The third-order valence-corrected chi connectivity index (χ3v) is 2.94. The molecule has 4 heteroatoms. The van der Waals surface area contributed by atoms with Crippen molar-refractivity contribution < 1.29 is 0 Å². The number of nitrogens with zero attached hydrogens (tertiary/aromatic N) is 1. The lowest BCUT2D eigenvalue weighted by atomic mass is 10.2. The number of H-pyrrole nitrogens is 1. The van der Waals surface area contributed by atoms with Gasteiger partial charge in [0.05, 0.1) is 10.9 Å². The fraction of sp³-hybridized carbons (Fsp3) is 0.385. The predicted molar refractivity (Wildman–Crippen MR) is 70.4 cm³/mol. The van der Waals surface area contributed by atoms with Crippen LogP contribution in [0.3, 0.4) is 0 Å². The summed E-state index contributed by atoms with van der Waals surface area (Å²) in [5.41, 5.74) is 0.633. The van der Waals surface area contributed by atoms with Crippen LogP contribution in [0.1, 0.15) is 26.7 Å². The highest BCUT2D eigenvalue weighted by Crippen LogP contribution is 2.10. The van der Waals surface area contributed by atoms with Crippen LogP contribution < -0.4 is 10.9 Å². The molecule has 0 spiro atoms. The van der Waals surface area contributed by atoms with Crippen molar-refractivity contribution in [1.82, 2.24) is 9.97 Å². The topological polar surface area (TPSA) is 57.8 Å². The summed E-state index contributed by atoms with van der Waals surface area (Å²) in [7, 11) is 0.